The number of methoxy groups -OCH3 is 1. The summed E-state index contributed by atoms with van der Waals surface area (Å²) >= 11 is 0. The Labute approximate surface area is 101 Å². The van der Waals surface area contributed by atoms with E-state index in [2.05, 4.69) is 5.32 Å². The molecule has 0 fully saturated rings. The van der Waals surface area contributed by atoms with Crippen molar-refractivity contribution in [3.63, 3.8) is 0 Å². The molecule has 0 radical (unpaired) electrons. The molecule has 0 spiro atoms. The lowest BCUT2D eigenvalue weighted by molar-refractivity contribution is -0.119. The average molecular weight is 238 g/mol. The Balaban J connectivity index is 2.57. The average Bonchev–Trinajstić information content (AvgIpc) is 2.35. The number of benzene rings is 1. The van der Waals surface area contributed by atoms with Crippen LogP contribution in [0.5, 0.6) is 5.75 Å². The third-order valence-electron chi connectivity index (χ3n) is 2.52. The molecule has 94 valence electrons. The lowest BCUT2D eigenvalue weighted by Gasteiger charge is -2.15. The number of amides is 1. The first-order valence-corrected chi connectivity index (χ1v) is 5.39. The minimum atomic E-state index is -0.702. The minimum Gasteiger partial charge on any atom is -0.497 e. The van der Waals surface area contributed by atoms with Gasteiger partial charge < -0.3 is 20.9 Å². The molecule has 2 unspecified atom stereocenters. The normalized spacial score (nSPS) is 14.1. The minimum absolute atomic E-state index is 0.261. The van der Waals surface area contributed by atoms with Gasteiger partial charge in [-0.3, -0.25) is 4.79 Å². The van der Waals surface area contributed by atoms with E-state index >= 15 is 0 Å². The highest BCUT2D eigenvalue weighted by Crippen LogP contribution is 2.18. The van der Waals surface area contributed by atoms with Crippen molar-refractivity contribution in [1.29, 1.82) is 0 Å². The van der Waals surface area contributed by atoms with E-state index in [1.54, 1.807) is 38.3 Å². The Bertz CT molecular complexity index is 382. The number of rotatable bonds is 6. The molecule has 4 N–H and O–H groups in total. The molecular formula is C12H18N2O3. The first kappa shape index (κ1) is 13.5. The van der Waals surface area contributed by atoms with E-state index in [9.17, 15) is 9.90 Å². The van der Waals surface area contributed by atoms with Gasteiger partial charge >= 0.3 is 0 Å². The zero-order chi connectivity index (χ0) is 12.8. The maximum atomic E-state index is 10.8. The van der Waals surface area contributed by atoms with Crippen LogP contribution in [-0.4, -0.2) is 30.7 Å². The van der Waals surface area contributed by atoms with Gasteiger partial charge in [0, 0.05) is 6.54 Å². The molecule has 0 aliphatic rings. The Morgan fingerprint density at radius 1 is 1.59 bits per heavy atom. The molecule has 17 heavy (non-hydrogen) atoms. The van der Waals surface area contributed by atoms with Gasteiger partial charge in [0.2, 0.25) is 5.91 Å². The molecule has 0 aliphatic carbocycles. The Morgan fingerprint density at radius 2 is 2.29 bits per heavy atom. The molecule has 5 nitrogen and oxygen atoms in total. The molecule has 0 saturated carbocycles. The number of hydrogen-bond donors (Lipinski definition) is 3. The first-order chi connectivity index (χ1) is 8.04. The Kier molecular flexibility index (Phi) is 4.93. The molecule has 1 rings (SSSR count). The van der Waals surface area contributed by atoms with Crippen LogP contribution in [0.1, 0.15) is 18.6 Å². The second-order valence-corrected chi connectivity index (χ2v) is 3.82. The Morgan fingerprint density at radius 3 is 2.88 bits per heavy atom. The van der Waals surface area contributed by atoms with Gasteiger partial charge in [-0.1, -0.05) is 12.1 Å². The van der Waals surface area contributed by atoms with Crippen LogP contribution in [0.2, 0.25) is 0 Å². The predicted octanol–water partition coefficient (Wildman–Crippen LogP) is 0.192. The number of aliphatic hydroxyl groups excluding tert-OH is 1. The fourth-order valence-corrected chi connectivity index (χ4v) is 1.36. The summed E-state index contributed by atoms with van der Waals surface area (Å²) < 4.78 is 5.06. The van der Waals surface area contributed by atoms with Gasteiger partial charge in [0.05, 0.1) is 19.3 Å². The van der Waals surface area contributed by atoms with Crippen molar-refractivity contribution in [1.82, 2.24) is 5.32 Å². The third kappa shape index (κ3) is 4.05. The van der Waals surface area contributed by atoms with Crippen LogP contribution in [0.3, 0.4) is 0 Å². The zero-order valence-electron chi connectivity index (χ0n) is 10.0. The summed E-state index contributed by atoms with van der Waals surface area (Å²) in [5, 5.41) is 12.8. The lowest BCUT2D eigenvalue weighted by Crippen LogP contribution is -2.40. The summed E-state index contributed by atoms with van der Waals surface area (Å²) in [7, 11) is 1.57. The second-order valence-electron chi connectivity index (χ2n) is 3.82. The fourth-order valence-electron chi connectivity index (χ4n) is 1.36. The number of nitrogens with one attached hydrogen (secondary N) is 1. The number of carbonyl (C=O) groups excluding carboxylic acids is 1. The molecule has 5 heteroatoms. The van der Waals surface area contributed by atoms with Gasteiger partial charge in [-0.15, -0.1) is 0 Å². The van der Waals surface area contributed by atoms with Crippen molar-refractivity contribution in [2.24, 2.45) is 5.73 Å². The van der Waals surface area contributed by atoms with E-state index in [0.29, 0.717) is 5.75 Å². The van der Waals surface area contributed by atoms with Gasteiger partial charge in [-0.25, -0.2) is 0 Å². The molecule has 1 aromatic rings. The van der Waals surface area contributed by atoms with E-state index < -0.39 is 18.1 Å². The summed E-state index contributed by atoms with van der Waals surface area (Å²) in [5.74, 6) is 0.243. The molecule has 0 aliphatic heterocycles. The van der Waals surface area contributed by atoms with E-state index in [1.807, 2.05) is 0 Å². The number of carbonyl (C=O) groups is 1. The van der Waals surface area contributed by atoms with E-state index in [0.717, 1.165) is 5.56 Å². The van der Waals surface area contributed by atoms with Crippen LogP contribution in [-0.2, 0) is 4.79 Å². The first-order valence-electron chi connectivity index (χ1n) is 5.39. The number of primary amides is 1. The molecule has 2 atom stereocenters. The Hall–Kier alpha value is -1.59. The molecule has 0 aromatic heterocycles. The molecular weight excluding hydrogens is 220 g/mol. The van der Waals surface area contributed by atoms with Gasteiger partial charge in [0.25, 0.3) is 0 Å². The second kappa shape index (κ2) is 6.22. The van der Waals surface area contributed by atoms with Crippen molar-refractivity contribution < 1.29 is 14.6 Å². The van der Waals surface area contributed by atoms with E-state index in [-0.39, 0.29) is 6.54 Å². The van der Waals surface area contributed by atoms with Crippen LogP contribution >= 0.6 is 0 Å². The molecule has 0 saturated heterocycles. The number of ether oxygens (including phenoxy) is 1. The molecule has 0 heterocycles. The summed E-state index contributed by atoms with van der Waals surface area (Å²) in [4.78, 5) is 10.8. The largest absolute Gasteiger partial charge is 0.497 e. The molecule has 1 amide bonds. The third-order valence-corrected chi connectivity index (χ3v) is 2.52. The zero-order valence-corrected chi connectivity index (χ0v) is 10.0. The maximum Gasteiger partial charge on any atom is 0.234 e. The van der Waals surface area contributed by atoms with Gasteiger partial charge in [0.1, 0.15) is 5.75 Å². The fraction of sp³-hybridized carbons (Fsp3) is 0.417. The van der Waals surface area contributed by atoms with Crippen LogP contribution in [0.4, 0.5) is 0 Å². The van der Waals surface area contributed by atoms with Crippen molar-refractivity contribution >= 4 is 5.91 Å². The summed E-state index contributed by atoms with van der Waals surface area (Å²) in [6.45, 7) is 1.91. The quantitative estimate of drug-likeness (QED) is 0.660. The highest BCUT2D eigenvalue weighted by molar-refractivity contribution is 5.79. The number of aliphatic hydroxyl groups is 1. The van der Waals surface area contributed by atoms with Crippen LogP contribution in [0.15, 0.2) is 24.3 Å². The van der Waals surface area contributed by atoms with Crippen molar-refractivity contribution in [2.75, 3.05) is 13.7 Å². The van der Waals surface area contributed by atoms with Crippen molar-refractivity contribution in [2.45, 2.75) is 19.1 Å². The van der Waals surface area contributed by atoms with Crippen molar-refractivity contribution in [3.8, 4) is 5.75 Å². The smallest absolute Gasteiger partial charge is 0.234 e. The highest BCUT2D eigenvalue weighted by Gasteiger charge is 2.12. The highest BCUT2D eigenvalue weighted by atomic mass is 16.5. The van der Waals surface area contributed by atoms with Gasteiger partial charge in [-0.05, 0) is 24.6 Å². The monoisotopic (exact) mass is 238 g/mol. The molecule has 1 aromatic carbocycles. The topological polar surface area (TPSA) is 84.6 Å². The SMILES string of the molecule is COc1cccc(C(O)CNC(C)C(N)=O)c1. The van der Waals surface area contributed by atoms with E-state index in [4.69, 9.17) is 10.5 Å². The lowest BCUT2D eigenvalue weighted by atomic mass is 10.1. The van der Waals surface area contributed by atoms with Crippen molar-refractivity contribution in [3.05, 3.63) is 29.8 Å². The number of hydrogen-bond acceptors (Lipinski definition) is 4. The summed E-state index contributed by atoms with van der Waals surface area (Å²) in [5.41, 5.74) is 5.83. The predicted molar refractivity (Wildman–Crippen MR) is 64.6 cm³/mol. The summed E-state index contributed by atoms with van der Waals surface area (Å²) in [6.07, 6.45) is -0.702. The standard InChI is InChI=1S/C12H18N2O3/c1-8(12(13)16)14-7-11(15)9-4-3-5-10(6-9)17-2/h3-6,8,11,14-15H,7H2,1-2H3,(H2,13,16). The van der Waals surface area contributed by atoms with Crippen LogP contribution in [0, 0.1) is 0 Å². The van der Waals surface area contributed by atoms with Crippen LogP contribution < -0.4 is 15.8 Å². The van der Waals surface area contributed by atoms with Gasteiger partial charge in [0.15, 0.2) is 0 Å². The maximum absolute atomic E-state index is 10.8. The van der Waals surface area contributed by atoms with E-state index in [1.165, 1.54) is 0 Å². The van der Waals surface area contributed by atoms with Crippen LogP contribution in [0.25, 0.3) is 0 Å². The number of nitrogens with two attached hydrogens (primary N) is 1. The summed E-state index contributed by atoms with van der Waals surface area (Å²) in [6, 6.07) is 6.69. The molecule has 0 bridgehead atoms. The van der Waals surface area contributed by atoms with Gasteiger partial charge in [-0.2, -0.15) is 0 Å².